The molecule has 0 fully saturated rings. The van der Waals surface area contributed by atoms with Crippen LogP contribution in [0.4, 0.5) is 0 Å². The Bertz CT molecular complexity index is 1070. The third kappa shape index (κ3) is 3.66. The molecule has 0 atom stereocenters. The first-order chi connectivity index (χ1) is 13.7. The third-order valence-corrected chi connectivity index (χ3v) is 4.28. The van der Waals surface area contributed by atoms with E-state index in [4.69, 9.17) is 4.42 Å². The van der Waals surface area contributed by atoms with Gasteiger partial charge in [-0.15, -0.1) is 0 Å². The first kappa shape index (κ1) is 17.6. The van der Waals surface area contributed by atoms with E-state index in [1.807, 2.05) is 25.1 Å². The number of carbonyl (C=O) groups excluding carboxylic acids is 1. The molecule has 0 unspecified atom stereocenters. The first-order valence-electron chi connectivity index (χ1n) is 8.81. The number of nitrogens with zero attached hydrogens (tertiary/aromatic N) is 5. The molecule has 0 bridgehead atoms. The molecule has 8 heteroatoms. The summed E-state index contributed by atoms with van der Waals surface area (Å²) in [5, 5.41) is 7.20. The Kier molecular flexibility index (Phi) is 4.92. The average Bonchev–Trinajstić information content (AvgIpc) is 3.39. The minimum absolute atomic E-state index is 0.185. The highest BCUT2D eigenvalue weighted by atomic mass is 16.3. The number of nitrogens with one attached hydrogen (secondary N) is 1. The summed E-state index contributed by atoms with van der Waals surface area (Å²) in [6.45, 7) is 2.32. The topological polar surface area (TPSA) is 98.7 Å². The highest BCUT2D eigenvalue weighted by Crippen LogP contribution is 2.18. The third-order valence-electron chi connectivity index (χ3n) is 4.28. The standard InChI is InChI=1S/C20H18N6O2/c1-14-16(19(27)22-9-6-15-4-2-8-21-12-15)13-24-26(14)20-23-10-7-17(25-20)18-5-3-11-28-18/h2-5,7-8,10-13H,6,9H2,1H3,(H,22,27). The summed E-state index contributed by atoms with van der Waals surface area (Å²) in [4.78, 5) is 25.3. The van der Waals surface area contributed by atoms with Crippen molar-refractivity contribution in [3.63, 3.8) is 0 Å². The molecule has 0 aromatic carbocycles. The van der Waals surface area contributed by atoms with E-state index in [9.17, 15) is 4.79 Å². The fourth-order valence-electron chi connectivity index (χ4n) is 2.81. The van der Waals surface area contributed by atoms with Crippen LogP contribution in [0.25, 0.3) is 17.4 Å². The number of furan rings is 1. The second-order valence-corrected chi connectivity index (χ2v) is 6.14. The van der Waals surface area contributed by atoms with Gasteiger partial charge in [-0.1, -0.05) is 6.07 Å². The van der Waals surface area contributed by atoms with Gasteiger partial charge < -0.3 is 9.73 Å². The molecule has 0 aliphatic carbocycles. The molecule has 140 valence electrons. The Morgan fingerprint density at radius 1 is 1.18 bits per heavy atom. The van der Waals surface area contributed by atoms with Gasteiger partial charge in [0.1, 0.15) is 5.69 Å². The Morgan fingerprint density at radius 2 is 2.11 bits per heavy atom. The molecule has 0 saturated heterocycles. The molecule has 8 nitrogen and oxygen atoms in total. The summed E-state index contributed by atoms with van der Waals surface area (Å²) in [6, 6.07) is 9.23. The zero-order valence-electron chi connectivity index (χ0n) is 15.2. The minimum Gasteiger partial charge on any atom is -0.463 e. The van der Waals surface area contributed by atoms with Crippen LogP contribution in [0.1, 0.15) is 21.6 Å². The van der Waals surface area contributed by atoms with Crippen molar-refractivity contribution in [1.29, 1.82) is 0 Å². The van der Waals surface area contributed by atoms with E-state index < -0.39 is 0 Å². The summed E-state index contributed by atoms with van der Waals surface area (Å²) in [7, 11) is 0. The monoisotopic (exact) mass is 374 g/mol. The lowest BCUT2D eigenvalue weighted by Gasteiger charge is -2.06. The van der Waals surface area contributed by atoms with Gasteiger partial charge in [0.05, 0.1) is 23.7 Å². The number of rotatable bonds is 6. The normalized spacial score (nSPS) is 10.8. The van der Waals surface area contributed by atoms with Crippen LogP contribution in [0.3, 0.4) is 0 Å². The quantitative estimate of drug-likeness (QED) is 0.557. The van der Waals surface area contributed by atoms with Crippen molar-refractivity contribution in [3.05, 3.63) is 78.2 Å². The van der Waals surface area contributed by atoms with Crippen LogP contribution >= 0.6 is 0 Å². The summed E-state index contributed by atoms with van der Waals surface area (Å²) in [5.41, 5.74) is 2.86. The van der Waals surface area contributed by atoms with Crippen molar-refractivity contribution in [2.75, 3.05) is 6.54 Å². The van der Waals surface area contributed by atoms with Crippen molar-refractivity contribution >= 4 is 5.91 Å². The van der Waals surface area contributed by atoms with E-state index >= 15 is 0 Å². The van der Waals surface area contributed by atoms with Crippen molar-refractivity contribution in [1.82, 2.24) is 30.0 Å². The Balaban J connectivity index is 1.48. The predicted molar refractivity (Wildman–Crippen MR) is 102 cm³/mol. The van der Waals surface area contributed by atoms with Crippen LogP contribution in [0.2, 0.25) is 0 Å². The first-order valence-corrected chi connectivity index (χ1v) is 8.81. The van der Waals surface area contributed by atoms with Crippen LogP contribution in [0.5, 0.6) is 0 Å². The molecular weight excluding hydrogens is 356 g/mol. The molecule has 4 aromatic heterocycles. The van der Waals surface area contributed by atoms with Crippen LogP contribution in [-0.2, 0) is 6.42 Å². The van der Waals surface area contributed by atoms with Gasteiger partial charge in [-0.3, -0.25) is 9.78 Å². The maximum Gasteiger partial charge on any atom is 0.254 e. The molecular formula is C20H18N6O2. The molecule has 0 radical (unpaired) electrons. The van der Waals surface area contributed by atoms with Crippen molar-refractivity contribution in [3.8, 4) is 17.4 Å². The molecule has 28 heavy (non-hydrogen) atoms. The molecule has 0 spiro atoms. The van der Waals surface area contributed by atoms with Crippen LogP contribution in [0.15, 0.2) is 65.8 Å². The van der Waals surface area contributed by atoms with E-state index in [0.29, 0.717) is 41.6 Å². The number of hydrogen-bond donors (Lipinski definition) is 1. The molecule has 4 aromatic rings. The molecule has 0 aliphatic heterocycles. The lowest BCUT2D eigenvalue weighted by atomic mass is 10.2. The van der Waals surface area contributed by atoms with Crippen molar-refractivity contribution in [2.45, 2.75) is 13.3 Å². The van der Waals surface area contributed by atoms with Gasteiger partial charge in [-0.2, -0.15) is 5.10 Å². The Labute approximate surface area is 161 Å². The van der Waals surface area contributed by atoms with Gasteiger partial charge in [0.25, 0.3) is 11.9 Å². The van der Waals surface area contributed by atoms with Gasteiger partial charge in [-0.25, -0.2) is 14.6 Å². The average molecular weight is 374 g/mol. The lowest BCUT2D eigenvalue weighted by molar-refractivity contribution is 0.0953. The van der Waals surface area contributed by atoms with E-state index in [0.717, 1.165) is 5.56 Å². The van der Waals surface area contributed by atoms with Gasteiger partial charge in [0, 0.05) is 25.1 Å². The molecule has 1 N–H and O–H groups in total. The van der Waals surface area contributed by atoms with Crippen LogP contribution in [-0.4, -0.2) is 37.2 Å². The Hall–Kier alpha value is -3.81. The minimum atomic E-state index is -0.185. The van der Waals surface area contributed by atoms with E-state index in [1.54, 1.807) is 41.7 Å². The Morgan fingerprint density at radius 3 is 2.89 bits per heavy atom. The summed E-state index contributed by atoms with van der Waals surface area (Å²) < 4.78 is 6.92. The van der Waals surface area contributed by atoms with E-state index in [1.165, 1.54) is 6.20 Å². The van der Waals surface area contributed by atoms with E-state index in [2.05, 4.69) is 25.4 Å². The number of carbonyl (C=O) groups is 1. The number of aromatic nitrogens is 5. The molecule has 0 saturated carbocycles. The molecule has 0 aliphatic rings. The maximum absolute atomic E-state index is 12.5. The van der Waals surface area contributed by atoms with Crippen molar-refractivity contribution in [2.24, 2.45) is 0 Å². The van der Waals surface area contributed by atoms with Crippen LogP contribution < -0.4 is 5.32 Å². The van der Waals surface area contributed by atoms with E-state index in [-0.39, 0.29) is 5.91 Å². The van der Waals surface area contributed by atoms with Crippen LogP contribution in [0, 0.1) is 6.92 Å². The lowest BCUT2D eigenvalue weighted by Crippen LogP contribution is -2.26. The smallest absolute Gasteiger partial charge is 0.254 e. The predicted octanol–water partition coefficient (Wildman–Crippen LogP) is 2.60. The van der Waals surface area contributed by atoms with Crippen molar-refractivity contribution < 1.29 is 9.21 Å². The summed E-state index contributed by atoms with van der Waals surface area (Å²) in [6.07, 6.45) is 8.97. The highest BCUT2D eigenvalue weighted by Gasteiger charge is 2.17. The largest absolute Gasteiger partial charge is 0.463 e. The second kappa shape index (κ2) is 7.83. The van der Waals surface area contributed by atoms with Gasteiger partial charge >= 0.3 is 0 Å². The number of hydrogen-bond acceptors (Lipinski definition) is 6. The number of amides is 1. The summed E-state index contributed by atoms with van der Waals surface area (Å²) >= 11 is 0. The fourth-order valence-corrected chi connectivity index (χ4v) is 2.81. The molecule has 4 heterocycles. The SMILES string of the molecule is Cc1c(C(=O)NCCc2cccnc2)cnn1-c1nccc(-c2ccco2)n1. The second-order valence-electron chi connectivity index (χ2n) is 6.14. The highest BCUT2D eigenvalue weighted by molar-refractivity contribution is 5.95. The number of pyridine rings is 1. The zero-order chi connectivity index (χ0) is 19.3. The zero-order valence-corrected chi connectivity index (χ0v) is 15.2. The maximum atomic E-state index is 12.5. The van der Waals surface area contributed by atoms with Gasteiger partial charge in [0.2, 0.25) is 0 Å². The summed E-state index contributed by atoms with van der Waals surface area (Å²) in [5.74, 6) is 0.831. The van der Waals surface area contributed by atoms with Gasteiger partial charge in [-0.05, 0) is 43.2 Å². The van der Waals surface area contributed by atoms with Gasteiger partial charge in [0.15, 0.2) is 5.76 Å². The fraction of sp³-hybridized carbons (Fsp3) is 0.150. The molecule has 1 amide bonds. The molecule has 4 rings (SSSR count).